The first-order chi connectivity index (χ1) is 6.03. The van der Waals surface area contributed by atoms with Crippen LogP contribution in [-0.2, 0) is 0 Å². The van der Waals surface area contributed by atoms with Gasteiger partial charge in [-0.25, -0.2) is 0 Å². The first kappa shape index (κ1) is 10.3. The summed E-state index contributed by atoms with van der Waals surface area (Å²) in [7, 11) is 0. The van der Waals surface area contributed by atoms with Crippen LogP contribution in [0.3, 0.4) is 0 Å². The fourth-order valence-electron chi connectivity index (χ4n) is 0.673. The van der Waals surface area contributed by atoms with Crippen LogP contribution >= 0.6 is 23.4 Å². The third kappa shape index (κ3) is 3.21. The summed E-state index contributed by atoms with van der Waals surface area (Å²) >= 11 is 5.76. The second-order valence-corrected chi connectivity index (χ2v) is 3.81. The van der Waals surface area contributed by atoms with E-state index in [4.69, 9.17) is 16.9 Å². The van der Waals surface area contributed by atoms with E-state index < -0.39 is 5.25 Å². The first-order valence-corrected chi connectivity index (χ1v) is 4.46. The zero-order chi connectivity index (χ0) is 9.90. The minimum atomic E-state index is -3.38. The van der Waals surface area contributed by atoms with Crippen LogP contribution in [0.4, 0.5) is 8.78 Å². The van der Waals surface area contributed by atoms with Gasteiger partial charge in [-0.3, -0.25) is 0 Å². The van der Waals surface area contributed by atoms with E-state index >= 15 is 0 Å². The highest BCUT2D eigenvalue weighted by molar-refractivity contribution is 8.00. The van der Waals surface area contributed by atoms with Crippen LogP contribution in [-0.4, -0.2) is 5.25 Å². The van der Waals surface area contributed by atoms with Crippen molar-refractivity contribution >= 4 is 23.4 Å². The number of alkyl halides is 2. The molecule has 0 unspecified atom stereocenters. The highest BCUT2D eigenvalue weighted by Gasteiger charge is 2.29. The van der Waals surface area contributed by atoms with Crippen LogP contribution in [0.2, 0.25) is 5.02 Å². The first-order valence-electron chi connectivity index (χ1n) is 3.27. The van der Waals surface area contributed by atoms with Crippen molar-refractivity contribution in [2.45, 2.75) is 10.2 Å². The monoisotopic (exact) mass is 219 g/mol. The van der Waals surface area contributed by atoms with E-state index in [1.807, 2.05) is 0 Å². The lowest BCUT2D eigenvalue weighted by Gasteiger charge is -2.05. The highest BCUT2D eigenvalue weighted by Crippen LogP contribution is 2.35. The summed E-state index contributed by atoms with van der Waals surface area (Å²) in [5.41, 5.74) is 0. The van der Waals surface area contributed by atoms with Gasteiger partial charge in [0.25, 0.3) is 0 Å². The number of nitrogens with zero attached hydrogens (tertiary/aromatic N) is 1. The van der Waals surface area contributed by atoms with E-state index in [2.05, 4.69) is 0 Å². The van der Waals surface area contributed by atoms with Crippen molar-refractivity contribution in [2.75, 3.05) is 0 Å². The molecule has 1 aromatic rings. The molecule has 0 radical (unpaired) electrons. The lowest BCUT2D eigenvalue weighted by atomic mass is 10.4. The van der Waals surface area contributed by atoms with Gasteiger partial charge in [-0.05, 0) is 36.0 Å². The maximum atomic E-state index is 12.5. The van der Waals surface area contributed by atoms with Gasteiger partial charge >= 0.3 is 5.25 Å². The summed E-state index contributed by atoms with van der Waals surface area (Å²) in [5, 5.41) is 5.16. The molecule has 0 aliphatic rings. The average molecular weight is 220 g/mol. The van der Waals surface area contributed by atoms with E-state index in [-0.39, 0.29) is 11.8 Å². The Kier molecular flexibility index (Phi) is 3.12. The fourth-order valence-corrected chi connectivity index (χ4v) is 1.41. The summed E-state index contributed by atoms with van der Waals surface area (Å²) in [6.45, 7) is 0. The van der Waals surface area contributed by atoms with Crippen molar-refractivity contribution in [1.29, 1.82) is 5.26 Å². The molecule has 1 nitrogen and oxygen atoms in total. The zero-order valence-electron chi connectivity index (χ0n) is 6.30. The maximum Gasteiger partial charge on any atom is 0.384 e. The van der Waals surface area contributed by atoms with Gasteiger partial charge in [0.15, 0.2) is 6.07 Å². The van der Waals surface area contributed by atoms with Crippen molar-refractivity contribution in [1.82, 2.24) is 0 Å². The van der Waals surface area contributed by atoms with Gasteiger partial charge in [0.2, 0.25) is 0 Å². The van der Waals surface area contributed by atoms with E-state index in [1.165, 1.54) is 24.3 Å². The SMILES string of the molecule is N#CC(F)(F)Sc1ccc(Cl)cc1. The summed E-state index contributed by atoms with van der Waals surface area (Å²) in [6.07, 6.45) is 0. The molecule has 0 N–H and O–H groups in total. The number of thioether (sulfide) groups is 1. The third-order valence-corrected chi connectivity index (χ3v) is 2.30. The van der Waals surface area contributed by atoms with Gasteiger partial charge in [0.1, 0.15) is 0 Å². The van der Waals surface area contributed by atoms with Gasteiger partial charge in [0.05, 0.1) is 0 Å². The quantitative estimate of drug-likeness (QED) is 0.711. The Morgan fingerprint density at radius 1 is 1.31 bits per heavy atom. The molecule has 5 heteroatoms. The Morgan fingerprint density at radius 3 is 2.31 bits per heavy atom. The molecule has 1 rings (SSSR count). The molecule has 13 heavy (non-hydrogen) atoms. The van der Waals surface area contributed by atoms with Gasteiger partial charge in [-0.1, -0.05) is 11.6 Å². The summed E-state index contributed by atoms with van der Waals surface area (Å²) < 4.78 is 25.0. The minimum absolute atomic E-state index is 0.201. The molecular formula is C8H4ClF2NS. The van der Waals surface area contributed by atoms with E-state index in [9.17, 15) is 8.78 Å². The molecule has 1 aromatic carbocycles. The molecule has 0 saturated heterocycles. The standard InChI is InChI=1S/C8H4ClF2NS/c9-6-1-3-7(4-2-6)13-8(10,11)5-12/h1-4H. The maximum absolute atomic E-state index is 12.5. The van der Waals surface area contributed by atoms with Gasteiger partial charge in [-0.15, -0.1) is 0 Å². The normalized spacial score (nSPS) is 10.9. The molecular weight excluding hydrogens is 216 g/mol. The van der Waals surface area contributed by atoms with Gasteiger partial charge in [0, 0.05) is 9.92 Å². The molecule has 0 fully saturated rings. The molecule has 0 aliphatic heterocycles. The molecule has 0 spiro atoms. The smallest absolute Gasteiger partial charge is 0.191 e. The predicted octanol–water partition coefficient (Wildman–Crippen LogP) is 3.55. The zero-order valence-corrected chi connectivity index (χ0v) is 7.87. The topological polar surface area (TPSA) is 23.8 Å². The van der Waals surface area contributed by atoms with Crippen molar-refractivity contribution in [3.05, 3.63) is 29.3 Å². The molecule has 0 amide bonds. The van der Waals surface area contributed by atoms with Gasteiger partial charge < -0.3 is 0 Å². The number of hydrogen-bond donors (Lipinski definition) is 0. The molecule has 0 atom stereocenters. The van der Waals surface area contributed by atoms with Crippen LogP contribution < -0.4 is 0 Å². The molecule has 0 aliphatic carbocycles. The third-order valence-electron chi connectivity index (χ3n) is 1.19. The van der Waals surface area contributed by atoms with Crippen LogP contribution in [0, 0.1) is 11.3 Å². The largest absolute Gasteiger partial charge is 0.384 e. The van der Waals surface area contributed by atoms with Crippen LogP contribution in [0.25, 0.3) is 0 Å². The second-order valence-electron chi connectivity index (χ2n) is 2.18. The number of benzene rings is 1. The molecule has 0 saturated carbocycles. The molecule has 0 heterocycles. The minimum Gasteiger partial charge on any atom is -0.191 e. The van der Waals surface area contributed by atoms with Gasteiger partial charge in [-0.2, -0.15) is 14.0 Å². The highest BCUT2D eigenvalue weighted by atomic mass is 35.5. The van der Waals surface area contributed by atoms with E-state index in [0.717, 1.165) is 6.07 Å². The summed E-state index contributed by atoms with van der Waals surface area (Å²) in [5.74, 6) is 0. The second kappa shape index (κ2) is 3.95. The van der Waals surface area contributed by atoms with Crippen molar-refractivity contribution in [3.63, 3.8) is 0 Å². The Bertz CT molecular complexity index is 331. The van der Waals surface area contributed by atoms with Crippen molar-refractivity contribution in [3.8, 4) is 6.07 Å². The Hall–Kier alpha value is -0.790. The summed E-state index contributed by atoms with van der Waals surface area (Å²) in [6, 6.07) is 6.78. The lowest BCUT2D eigenvalue weighted by Crippen LogP contribution is -2.04. The Balaban J connectivity index is 2.77. The predicted molar refractivity (Wildman–Crippen MR) is 47.9 cm³/mol. The lowest BCUT2D eigenvalue weighted by molar-refractivity contribution is 0.171. The number of rotatable bonds is 2. The van der Waals surface area contributed by atoms with E-state index in [1.54, 1.807) is 0 Å². The fraction of sp³-hybridized carbons (Fsp3) is 0.125. The van der Waals surface area contributed by atoms with E-state index in [0.29, 0.717) is 9.92 Å². The van der Waals surface area contributed by atoms with Crippen LogP contribution in [0.15, 0.2) is 29.2 Å². The number of halogens is 3. The number of nitriles is 1. The molecule has 0 aromatic heterocycles. The van der Waals surface area contributed by atoms with Crippen molar-refractivity contribution in [2.24, 2.45) is 0 Å². The Morgan fingerprint density at radius 2 is 1.85 bits per heavy atom. The van der Waals surface area contributed by atoms with Crippen LogP contribution in [0.5, 0.6) is 0 Å². The average Bonchev–Trinajstić information content (AvgIpc) is 2.09. The number of hydrogen-bond acceptors (Lipinski definition) is 2. The molecule has 68 valence electrons. The Labute approximate surface area is 83.3 Å². The van der Waals surface area contributed by atoms with Crippen LogP contribution in [0.1, 0.15) is 0 Å². The molecule has 0 bridgehead atoms. The van der Waals surface area contributed by atoms with Crippen molar-refractivity contribution < 1.29 is 8.78 Å². The summed E-state index contributed by atoms with van der Waals surface area (Å²) in [4.78, 5) is 0.316.